The van der Waals surface area contributed by atoms with Crippen molar-refractivity contribution in [3.8, 4) is 6.07 Å². The van der Waals surface area contributed by atoms with Crippen LogP contribution < -0.4 is 0 Å². The molecule has 2 aromatic rings. The predicted octanol–water partition coefficient (Wildman–Crippen LogP) is 3.59. The van der Waals surface area contributed by atoms with E-state index in [0.717, 1.165) is 0 Å². The van der Waals surface area contributed by atoms with E-state index < -0.39 is 5.97 Å². The van der Waals surface area contributed by atoms with Gasteiger partial charge >= 0.3 is 5.97 Å². The van der Waals surface area contributed by atoms with Crippen LogP contribution >= 0.6 is 0 Å². The van der Waals surface area contributed by atoms with Gasteiger partial charge in [-0.25, -0.2) is 9.18 Å². The second-order valence-electron chi connectivity index (χ2n) is 4.10. The molecule has 0 spiro atoms. The fraction of sp³-hybridized carbons (Fsp3) is 0. The molecule has 0 saturated heterocycles. The highest BCUT2D eigenvalue weighted by Gasteiger charge is 2.03. The Morgan fingerprint density at radius 2 is 1.60 bits per heavy atom. The van der Waals surface area contributed by atoms with E-state index in [1.54, 1.807) is 18.2 Å². The lowest BCUT2D eigenvalue weighted by Crippen LogP contribution is -1.94. The number of nitriles is 1. The van der Waals surface area contributed by atoms with Crippen molar-refractivity contribution in [1.82, 2.24) is 0 Å². The molecule has 0 fully saturated rings. The molecule has 1 N–H and O–H groups in total. The van der Waals surface area contributed by atoms with E-state index in [9.17, 15) is 9.18 Å². The van der Waals surface area contributed by atoms with E-state index in [-0.39, 0.29) is 11.4 Å². The van der Waals surface area contributed by atoms with Crippen LogP contribution in [0.15, 0.2) is 48.5 Å². The maximum absolute atomic E-state index is 12.8. The molecule has 2 aromatic carbocycles. The van der Waals surface area contributed by atoms with E-state index in [0.29, 0.717) is 16.7 Å². The summed E-state index contributed by atoms with van der Waals surface area (Å²) in [6.07, 6.45) is 1.62. The van der Waals surface area contributed by atoms with Crippen LogP contribution in [0.1, 0.15) is 21.5 Å². The van der Waals surface area contributed by atoms with Crippen molar-refractivity contribution in [2.75, 3.05) is 0 Å². The molecule has 98 valence electrons. The molecule has 0 atom stereocenters. The van der Waals surface area contributed by atoms with Crippen molar-refractivity contribution in [2.45, 2.75) is 0 Å². The summed E-state index contributed by atoms with van der Waals surface area (Å²) < 4.78 is 12.8. The fourth-order valence-electron chi connectivity index (χ4n) is 1.70. The third-order valence-corrected chi connectivity index (χ3v) is 2.74. The summed E-state index contributed by atoms with van der Waals surface area (Å²) in [4.78, 5) is 10.7. The van der Waals surface area contributed by atoms with E-state index in [1.165, 1.54) is 36.4 Å². The highest BCUT2D eigenvalue weighted by atomic mass is 19.1. The maximum atomic E-state index is 12.8. The summed E-state index contributed by atoms with van der Waals surface area (Å²) in [7, 11) is 0. The summed E-state index contributed by atoms with van der Waals surface area (Å²) >= 11 is 0. The molecule has 4 heteroatoms. The minimum Gasteiger partial charge on any atom is -0.478 e. The molecule has 0 aliphatic heterocycles. The van der Waals surface area contributed by atoms with Crippen LogP contribution in [0.25, 0.3) is 11.6 Å². The topological polar surface area (TPSA) is 61.1 Å². The Morgan fingerprint density at radius 1 is 1.05 bits per heavy atom. The number of halogens is 1. The van der Waals surface area contributed by atoms with Crippen molar-refractivity contribution in [3.63, 3.8) is 0 Å². The molecule has 0 aliphatic rings. The number of rotatable bonds is 3. The molecular formula is C16H10FNO2. The predicted molar refractivity (Wildman–Crippen MR) is 73.3 cm³/mol. The van der Waals surface area contributed by atoms with Gasteiger partial charge in [0.2, 0.25) is 0 Å². The SMILES string of the molecule is N#C/C(=C/c1ccc(C(=O)O)cc1)c1ccc(F)cc1. The minimum atomic E-state index is -1.00. The Kier molecular flexibility index (Phi) is 3.92. The standard InChI is InChI=1S/C16H10FNO2/c17-15-7-5-12(6-8-15)14(10-18)9-11-1-3-13(4-2-11)16(19)20/h1-9H,(H,19,20)/b14-9-. The number of carbonyl (C=O) groups is 1. The van der Waals surface area contributed by atoms with Gasteiger partial charge in [0.1, 0.15) is 5.82 Å². The zero-order valence-electron chi connectivity index (χ0n) is 10.4. The van der Waals surface area contributed by atoms with E-state index in [2.05, 4.69) is 0 Å². The van der Waals surface area contributed by atoms with Gasteiger partial charge in [-0.05, 0) is 41.5 Å². The molecule has 20 heavy (non-hydrogen) atoms. The summed E-state index contributed by atoms with van der Waals surface area (Å²) in [6.45, 7) is 0. The van der Waals surface area contributed by atoms with Crippen LogP contribution in [0, 0.1) is 17.1 Å². The Labute approximate surface area is 115 Å². The van der Waals surface area contributed by atoms with Crippen molar-refractivity contribution >= 4 is 17.6 Å². The monoisotopic (exact) mass is 267 g/mol. The van der Waals surface area contributed by atoms with Crippen molar-refractivity contribution < 1.29 is 14.3 Å². The lowest BCUT2D eigenvalue weighted by molar-refractivity contribution is 0.0697. The van der Waals surface area contributed by atoms with Gasteiger partial charge in [-0.2, -0.15) is 5.26 Å². The number of allylic oxidation sites excluding steroid dienone is 1. The molecule has 0 aliphatic carbocycles. The van der Waals surface area contributed by atoms with E-state index >= 15 is 0 Å². The fourth-order valence-corrected chi connectivity index (χ4v) is 1.70. The highest BCUT2D eigenvalue weighted by Crippen LogP contribution is 2.18. The van der Waals surface area contributed by atoms with Crippen LogP contribution in [-0.2, 0) is 0 Å². The number of carboxylic acid groups (broad SMARTS) is 1. The van der Waals surface area contributed by atoms with Gasteiger partial charge < -0.3 is 5.11 Å². The third-order valence-electron chi connectivity index (χ3n) is 2.74. The number of hydrogen-bond acceptors (Lipinski definition) is 2. The molecule has 0 amide bonds. The first kappa shape index (κ1) is 13.5. The first-order valence-electron chi connectivity index (χ1n) is 5.81. The number of carboxylic acids is 1. The lowest BCUT2D eigenvalue weighted by Gasteiger charge is -2.00. The molecule has 3 nitrogen and oxygen atoms in total. The Morgan fingerprint density at radius 3 is 2.10 bits per heavy atom. The van der Waals surface area contributed by atoms with Crippen molar-refractivity contribution in [2.24, 2.45) is 0 Å². The number of benzene rings is 2. The normalized spacial score (nSPS) is 10.9. The Hall–Kier alpha value is -2.93. The van der Waals surface area contributed by atoms with Gasteiger partial charge in [0.15, 0.2) is 0 Å². The second kappa shape index (κ2) is 5.81. The zero-order chi connectivity index (χ0) is 14.5. The van der Waals surface area contributed by atoms with Gasteiger partial charge in [-0.1, -0.05) is 24.3 Å². The van der Waals surface area contributed by atoms with Crippen LogP contribution in [0.4, 0.5) is 4.39 Å². The van der Waals surface area contributed by atoms with Gasteiger partial charge in [-0.15, -0.1) is 0 Å². The number of nitrogens with zero attached hydrogens (tertiary/aromatic N) is 1. The van der Waals surface area contributed by atoms with Crippen molar-refractivity contribution in [3.05, 3.63) is 71.0 Å². The number of hydrogen-bond donors (Lipinski definition) is 1. The quantitative estimate of drug-likeness (QED) is 0.682. The molecule has 2 rings (SSSR count). The molecule has 0 radical (unpaired) electrons. The average molecular weight is 267 g/mol. The third kappa shape index (κ3) is 3.09. The maximum Gasteiger partial charge on any atom is 0.335 e. The van der Waals surface area contributed by atoms with Crippen LogP contribution in [-0.4, -0.2) is 11.1 Å². The van der Waals surface area contributed by atoms with Crippen LogP contribution in [0.2, 0.25) is 0 Å². The first-order chi connectivity index (χ1) is 9.60. The Balaban J connectivity index is 2.34. The molecule has 0 saturated carbocycles. The molecule has 0 unspecified atom stereocenters. The zero-order valence-corrected chi connectivity index (χ0v) is 10.4. The summed E-state index contributed by atoms with van der Waals surface area (Å²) in [5.74, 6) is -1.36. The minimum absolute atomic E-state index is 0.183. The molecule has 0 aromatic heterocycles. The lowest BCUT2D eigenvalue weighted by atomic mass is 10.0. The van der Waals surface area contributed by atoms with Crippen LogP contribution in [0.5, 0.6) is 0 Å². The summed E-state index contributed by atoms with van der Waals surface area (Å²) in [5.41, 5.74) is 1.88. The summed E-state index contributed by atoms with van der Waals surface area (Å²) in [6, 6.07) is 13.8. The highest BCUT2D eigenvalue weighted by molar-refractivity contribution is 5.91. The second-order valence-corrected chi connectivity index (χ2v) is 4.10. The number of aromatic carboxylic acids is 1. The van der Waals surface area contributed by atoms with E-state index in [4.69, 9.17) is 10.4 Å². The van der Waals surface area contributed by atoms with Crippen LogP contribution in [0.3, 0.4) is 0 Å². The van der Waals surface area contributed by atoms with Crippen molar-refractivity contribution in [1.29, 1.82) is 5.26 Å². The average Bonchev–Trinajstić information content (AvgIpc) is 2.46. The first-order valence-corrected chi connectivity index (χ1v) is 5.81. The van der Waals surface area contributed by atoms with E-state index in [1.807, 2.05) is 6.07 Å². The van der Waals surface area contributed by atoms with Gasteiger partial charge in [-0.3, -0.25) is 0 Å². The van der Waals surface area contributed by atoms with Gasteiger partial charge in [0.05, 0.1) is 17.2 Å². The smallest absolute Gasteiger partial charge is 0.335 e. The summed E-state index contributed by atoms with van der Waals surface area (Å²) in [5, 5.41) is 18.0. The largest absolute Gasteiger partial charge is 0.478 e. The molecule has 0 bridgehead atoms. The molecule has 0 heterocycles. The van der Waals surface area contributed by atoms with Gasteiger partial charge in [0.25, 0.3) is 0 Å². The molecular weight excluding hydrogens is 257 g/mol. The van der Waals surface area contributed by atoms with Gasteiger partial charge in [0, 0.05) is 0 Å². The Bertz CT molecular complexity index is 695.